The van der Waals surface area contributed by atoms with Gasteiger partial charge in [-0.1, -0.05) is 62.4 Å². The van der Waals surface area contributed by atoms with Crippen LogP contribution in [0.5, 0.6) is 5.75 Å². The summed E-state index contributed by atoms with van der Waals surface area (Å²) in [5, 5.41) is 12.4. The van der Waals surface area contributed by atoms with Gasteiger partial charge in [-0.2, -0.15) is 0 Å². The standard InChI is InChI=1S/C30H28N2O4/c1-19(2)18-36-22-13-9-10-20(16-22)28(33)26-27(24-17-31(3)25-15-8-7-14-23(24)25)32(30(35)29(26)34)21-11-5-4-6-12-21/h4-17,19,27,33H,18H2,1-3H3/b28-26+. The molecule has 0 bridgehead atoms. The average Bonchev–Trinajstić information content (AvgIpc) is 3.36. The molecular formula is C30H28N2O4. The van der Waals surface area contributed by atoms with Gasteiger partial charge in [0.1, 0.15) is 11.5 Å². The monoisotopic (exact) mass is 480 g/mol. The maximum atomic E-state index is 13.5. The summed E-state index contributed by atoms with van der Waals surface area (Å²) in [6.45, 7) is 4.64. The highest BCUT2D eigenvalue weighted by Crippen LogP contribution is 2.44. The number of carbonyl (C=O) groups is 2. The molecule has 1 N–H and O–H groups in total. The van der Waals surface area contributed by atoms with Crippen molar-refractivity contribution in [1.29, 1.82) is 0 Å². The Morgan fingerprint density at radius 3 is 2.44 bits per heavy atom. The Hall–Kier alpha value is -4.32. The number of hydrogen-bond acceptors (Lipinski definition) is 4. The number of Topliss-reactive ketones (excluding diaryl/α,β-unsaturated/α-hetero) is 1. The largest absolute Gasteiger partial charge is 0.507 e. The van der Waals surface area contributed by atoms with Crippen LogP contribution >= 0.6 is 0 Å². The lowest BCUT2D eigenvalue weighted by Gasteiger charge is -2.25. The van der Waals surface area contributed by atoms with Gasteiger partial charge in [0.25, 0.3) is 11.7 Å². The first-order valence-corrected chi connectivity index (χ1v) is 12.0. The summed E-state index contributed by atoms with van der Waals surface area (Å²) in [7, 11) is 1.93. The lowest BCUT2D eigenvalue weighted by molar-refractivity contribution is -0.132. The highest BCUT2D eigenvalue weighted by atomic mass is 16.5. The zero-order valence-corrected chi connectivity index (χ0v) is 20.5. The van der Waals surface area contributed by atoms with E-state index in [9.17, 15) is 14.7 Å². The van der Waals surface area contributed by atoms with E-state index in [0.717, 1.165) is 16.5 Å². The number of nitrogens with zero attached hydrogens (tertiary/aromatic N) is 2. The Morgan fingerprint density at radius 1 is 0.972 bits per heavy atom. The third-order valence-corrected chi connectivity index (χ3v) is 6.39. The summed E-state index contributed by atoms with van der Waals surface area (Å²) in [5.41, 5.74) is 2.81. The van der Waals surface area contributed by atoms with Crippen molar-refractivity contribution in [3.05, 3.63) is 102 Å². The van der Waals surface area contributed by atoms with E-state index in [2.05, 4.69) is 13.8 Å². The van der Waals surface area contributed by atoms with E-state index in [4.69, 9.17) is 4.74 Å². The molecule has 6 nitrogen and oxygen atoms in total. The van der Waals surface area contributed by atoms with Crippen LogP contribution in [0.15, 0.2) is 90.6 Å². The maximum Gasteiger partial charge on any atom is 0.300 e. The topological polar surface area (TPSA) is 71.8 Å². The number of benzene rings is 3. The Labute approximate surface area is 210 Å². The smallest absolute Gasteiger partial charge is 0.300 e. The third kappa shape index (κ3) is 4.05. The first kappa shape index (κ1) is 23.4. The predicted molar refractivity (Wildman–Crippen MR) is 141 cm³/mol. The molecule has 5 rings (SSSR count). The zero-order valence-electron chi connectivity index (χ0n) is 20.5. The Balaban J connectivity index is 1.72. The van der Waals surface area contributed by atoms with Crippen molar-refractivity contribution in [2.45, 2.75) is 19.9 Å². The molecule has 1 aliphatic rings. The fourth-order valence-electron chi connectivity index (χ4n) is 4.72. The van der Waals surface area contributed by atoms with E-state index in [1.807, 2.05) is 66.3 Å². The molecule has 2 heterocycles. The molecule has 3 aromatic carbocycles. The molecular weight excluding hydrogens is 452 g/mol. The molecule has 0 spiro atoms. The highest BCUT2D eigenvalue weighted by molar-refractivity contribution is 6.51. The van der Waals surface area contributed by atoms with Gasteiger partial charge in [0.05, 0.1) is 18.2 Å². The van der Waals surface area contributed by atoms with Gasteiger partial charge in [-0.3, -0.25) is 14.5 Å². The van der Waals surface area contributed by atoms with E-state index in [1.165, 1.54) is 4.90 Å². The molecule has 4 aromatic rings. The Morgan fingerprint density at radius 2 is 1.69 bits per heavy atom. The van der Waals surface area contributed by atoms with Crippen LogP contribution in [0, 0.1) is 5.92 Å². The van der Waals surface area contributed by atoms with E-state index >= 15 is 0 Å². The van der Waals surface area contributed by atoms with Gasteiger partial charge >= 0.3 is 0 Å². The summed E-state index contributed by atoms with van der Waals surface area (Å²) in [6, 6.07) is 23.1. The molecule has 1 fully saturated rings. The van der Waals surface area contributed by atoms with Crippen LogP contribution in [-0.4, -0.2) is 28.0 Å². The third-order valence-electron chi connectivity index (χ3n) is 6.39. The summed E-state index contributed by atoms with van der Waals surface area (Å²) < 4.78 is 7.80. The van der Waals surface area contributed by atoms with Crippen molar-refractivity contribution in [2.24, 2.45) is 13.0 Å². The highest BCUT2D eigenvalue weighted by Gasteiger charge is 2.47. The molecule has 0 saturated carbocycles. The van der Waals surface area contributed by atoms with E-state index in [-0.39, 0.29) is 11.3 Å². The number of carbonyl (C=O) groups excluding carboxylic acids is 2. The van der Waals surface area contributed by atoms with Crippen LogP contribution in [-0.2, 0) is 16.6 Å². The van der Waals surface area contributed by atoms with E-state index in [1.54, 1.807) is 30.3 Å². The van der Waals surface area contributed by atoms with Gasteiger partial charge in [-0.05, 0) is 36.2 Å². The number of ketones is 1. The minimum absolute atomic E-state index is 0.0567. The summed E-state index contributed by atoms with van der Waals surface area (Å²) in [6.07, 6.45) is 1.92. The van der Waals surface area contributed by atoms with Gasteiger partial charge < -0.3 is 14.4 Å². The fraction of sp³-hybridized carbons (Fsp3) is 0.200. The maximum absolute atomic E-state index is 13.5. The van der Waals surface area contributed by atoms with Crippen LogP contribution < -0.4 is 9.64 Å². The van der Waals surface area contributed by atoms with Crippen molar-refractivity contribution in [2.75, 3.05) is 11.5 Å². The van der Waals surface area contributed by atoms with Crippen LogP contribution in [0.4, 0.5) is 5.69 Å². The average molecular weight is 481 g/mol. The lowest BCUT2D eigenvalue weighted by atomic mass is 9.94. The molecule has 1 saturated heterocycles. The molecule has 36 heavy (non-hydrogen) atoms. The SMILES string of the molecule is CC(C)COc1cccc(/C(O)=C2\C(=O)C(=O)N(c3ccccc3)C2c2cn(C)c3ccccc23)c1. The molecule has 6 heteroatoms. The number of ether oxygens (including phenoxy) is 1. The number of hydrogen-bond donors (Lipinski definition) is 1. The van der Waals surface area contributed by atoms with Crippen molar-refractivity contribution >= 4 is 34.0 Å². The van der Waals surface area contributed by atoms with Gasteiger partial charge in [-0.25, -0.2) is 0 Å². The number of aliphatic hydroxyl groups excluding tert-OH is 1. The first-order chi connectivity index (χ1) is 17.4. The molecule has 182 valence electrons. The van der Waals surface area contributed by atoms with Crippen molar-refractivity contribution in [3.8, 4) is 5.75 Å². The quantitative estimate of drug-likeness (QED) is 0.214. The number of aliphatic hydroxyl groups is 1. The number of aryl methyl sites for hydroxylation is 1. The normalized spacial score (nSPS) is 17.3. The molecule has 1 unspecified atom stereocenters. The van der Waals surface area contributed by atoms with Gasteiger partial charge in [0.15, 0.2) is 0 Å². The Bertz CT molecular complexity index is 1480. The number of amides is 1. The van der Waals surface area contributed by atoms with Crippen LogP contribution in [0.25, 0.3) is 16.7 Å². The summed E-state index contributed by atoms with van der Waals surface area (Å²) >= 11 is 0. The van der Waals surface area contributed by atoms with Crippen LogP contribution in [0.2, 0.25) is 0 Å². The first-order valence-electron chi connectivity index (χ1n) is 12.0. The van der Waals surface area contributed by atoms with Crippen LogP contribution in [0.3, 0.4) is 0 Å². The molecule has 1 aliphatic heterocycles. The number of fused-ring (bicyclic) bond motifs is 1. The minimum atomic E-state index is -0.793. The molecule has 1 aromatic heterocycles. The number of para-hydroxylation sites is 2. The predicted octanol–water partition coefficient (Wildman–Crippen LogP) is 5.84. The minimum Gasteiger partial charge on any atom is -0.507 e. The van der Waals surface area contributed by atoms with E-state index < -0.39 is 17.7 Å². The summed E-state index contributed by atoms with van der Waals surface area (Å²) in [5.74, 6) is -0.688. The zero-order chi connectivity index (χ0) is 25.4. The van der Waals surface area contributed by atoms with Gasteiger partial charge in [0.2, 0.25) is 0 Å². The molecule has 1 amide bonds. The van der Waals surface area contributed by atoms with Crippen molar-refractivity contribution in [3.63, 3.8) is 0 Å². The van der Waals surface area contributed by atoms with Gasteiger partial charge in [0, 0.05) is 41.0 Å². The molecule has 1 atom stereocenters. The fourth-order valence-corrected chi connectivity index (χ4v) is 4.72. The second-order valence-electron chi connectivity index (χ2n) is 9.45. The van der Waals surface area contributed by atoms with Crippen molar-refractivity contribution in [1.82, 2.24) is 4.57 Å². The molecule has 0 radical (unpaired) electrons. The number of rotatable bonds is 6. The van der Waals surface area contributed by atoms with Crippen molar-refractivity contribution < 1.29 is 19.4 Å². The van der Waals surface area contributed by atoms with E-state index in [0.29, 0.717) is 29.5 Å². The summed E-state index contributed by atoms with van der Waals surface area (Å²) in [4.78, 5) is 28.4. The Kier molecular flexibility index (Phi) is 6.10. The number of aromatic nitrogens is 1. The second-order valence-corrected chi connectivity index (χ2v) is 9.45. The number of anilines is 1. The lowest BCUT2D eigenvalue weighted by Crippen LogP contribution is -2.29. The van der Waals surface area contributed by atoms with Crippen LogP contribution in [0.1, 0.15) is 31.0 Å². The molecule has 0 aliphatic carbocycles. The second kappa shape index (κ2) is 9.38. The van der Waals surface area contributed by atoms with Gasteiger partial charge in [-0.15, -0.1) is 0 Å².